The number of carbonyl (C=O) groups excluding carboxylic acids is 2. The average Bonchev–Trinajstić information content (AvgIpc) is 2.61. The van der Waals surface area contributed by atoms with Gasteiger partial charge in [-0.15, -0.1) is 0 Å². The molecule has 0 saturated heterocycles. The van der Waals surface area contributed by atoms with Gasteiger partial charge in [0.2, 0.25) is 0 Å². The summed E-state index contributed by atoms with van der Waals surface area (Å²) >= 11 is 0. The Bertz CT molecular complexity index is 754. The summed E-state index contributed by atoms with van der Waals surface area (Å²) in [5, 5.41) is 5.74. The van der Waals surface area contributed by atoms with E-state index < -0.39 is 0 Å². The maximum absolute atomic E-state index is 12.4. The predicted octanol–water partition coefficient (Wildman–Crippen LogP) is 3.78. The quantitative estimate of drug-likeness (QED) is 0.841. The molecule has 1 atom stereocenters. The fourth-order valence-corrected chi connectivity index (χ4v) is 2.30. The minimum Gasteiger partial charge on any atom is -0.495 e. The fraction of sp³-hybridized carbons (Fsp3) is 0.300. The largest absolute Gasteiger partial charge is 0.495 e. The van der Waals surface area contributed by atoms with Crippen LogP contribution in [0, 0.1) is 6.92 Å². The normalized spacial score (nSPS) is 11.5. The molecule has 1 unspecified atom stereocenters. The number of amides is 2. The highest BCUT2D eigenvalue weighted by Gasteiger charge is 2.12. The maximum atomic E-state index is 12.4. The van der Waals surface area contributed by atoms with Gasteiger partial charge in [0.15, 0.2) is 0 Å². The first-order valence-electron chi connectivity index (χ1n) is 8.31. The maximum Gasteiger partial charge on any atom is 0.255 e. The number of carbonyl (C=O) groups is 2. The van der Waals surface area contributed by atoms with Crippen molar-refractivity contribution in [2.45, 2.75) is 33.2 Å². The van der Waals surface area contributed by atoms with Crippen molar-refractivity contribution in [1.82, 2.24) is 5.32 Å². The minimum atomic E-state index is -0.252. The van der Waals surface area contributed by atoms with Gasteiger partial charge in [-0.1, -0.05) is 13.0 Å². The second kappa shape index (κ2) is 8.33. The van der Waals surface area contributed by atoms with Gasteiger partial charge >= 0.3 is 0 Å². The SMILES string of the molecule is CCC(C)NC(=O)c1ccc(C(=O)Nc2cc(C)ccc2OC)cc1. The van der Waals surface area contributed by atoms with Crippen LogP contribution in [0.25, 0.3) is 0 Å². The molecule has 0 radical (unpaired) electrons. The third-order valence-corrected chi connectivity index (χ3v) is 4.00. The molecular formula is C20H24N2O3. The summed E-state index contributed by atoms with van der Waals surface area (Å²) in [5.41, 5.74) is 2.65. The minimum absolute atomic E-state index is 0.115. The molecule has 0 aliphatic heterocycles. The first-order chi connectivity index (χ1) is 11.9. The smallest absolute Gasteiger partial charge is 0.255 e. The zero-order chi connectivity index (χ0) is 18.4. The van der Waals surface area contributed by atoms with E-state index in [1.54, 1.807) is 31.4 Å². The third-order valence-electron chi connectivity index (χ3n) is 4.00. The van der Waals surface area contributed by atoms with Gasteiger partial charge < -0.3 is 15.4 Å². The Labute approximate surface area is 148 Å². The van der Waals surface area contributed by atoms with Gasteiger partial charge in [-0.3, -0.25) is 9.59 Å². The van der Waals surface area contributed by atoms with E-state index >= 15 is 0 Å². The summed E-state index contributed by atoms with van der Waals surface area (Å²) in [5.74, 6) is 0.211. The van der Waals surface area contributed by atoms with Crippen molar-refractivity contribution < 1.29 is 14.3 Å². The van der Waals surface area contributed by atoms with Crippen LogP contribution < -0.4 is 15.4 Å². The molecule has 5 heteroatoms. The zero-order valence-corrected chi connectivity index (χ0v) is 15.1. The van der Waals surface area contributed by atoms with Crippen LogP contribution >= 0.6 is 0 Å². The molecule has 2 N–H and O–H groups in total. The van der Waals surface area contributed by atoms with E-state index in [-0.39, 0.29) is 17.9 Å². The van der Waals surface area contributed by atoms with E-state index in [1.165, 1.54) is 0 Å². The topological polar surface area (TPSA) is 67.4 Å². The molecule has 132 valence electrons. The van der Waals surface area contributed by atoms with Gasteiger partial charge in [0.25, 0.3) is 11.8 Å². The summed E-state index contributed by atoms with van der Waals surface area (Å²) in [6.07, 6.45) is 0.866. The van der Waals surface area contributed by atoms with E-state index in [0.717, 1.165) is 12.0 Å². The Morgan fingerprint density at radius 1 is 1.04 bits per heavy atom. The molecule has 2 aromatic rings. The molecule has 0 spiro atoms. The number of nitrogens with one attached hydrogen (secondary N) is 2. The van der Waals surface area contributed by atoms with Crippen LogP contribution in [-0.4, -0.2) is 25.0 Å². The van der Waals surface area contributed by atoms with E-state index in [0.29, 0.717) is 22.6 Å². The van der Waals surface area contributed by atoms with Gasteiger partial charge in [0, 0.05) is 17.2 Å². The van der Waals surface area contributed by atoms with Crippen molar-refractivity contribution >= 4 is 17.5 Å². The molecule has 0 fully saturated rings. The first kappa shape index (κ1) is 18.5. The highest BCUT2D eigenvalue weighted by atomic mass is 16.5. The molecule has 2 amide bonds. The summed E-state index contributed by atoms with van der Waals surface area (Å²) in [7, 11) is 1.56. The van der Waals surface area contributed by atoms with Gasteiger partial charge in [0.1, 0.15) is 5.75 Å². The zero-order valence-electron chi connectivity index (χ0n) is 15.1. The molecule has 0 aromatic heterocycles. The standard InChI is InChI=1S/C20H24N2O3/c1-5-14(3)21-19(23)15-7-9-16(10-8-15)20(24)22-17-12-13(2)6-11-18(17)25-4/h6-12,14H,5H2,1-4H3,(H,21,23)(H,22,24). The van der Waals surface area contributed by atoms with Crippen LogP contribution in [0.4, 0.5) is 5.69 Å². The van der Waals surface area contributed by atoms with E-state index in [9.17, 15) is 9.59 Å². The van der Waals surface area contributed by atoms with Crippen LogP contribution in [-0.2, 0) is 0 Å². The highest BCUT2D eigenvalue weighted by Crippen LogP contribution is 2.25. The van der Waals surface area contributed by atoms with Crippen LogP contribution in [0.1, 0.15) is 46.5 Å². The average molecular weight is 340 g/mol. The molecule has 25 heavy (non-hydrogen) atoms. The number of benzene rings is 2. The molecule has 2 aromatic carbocycles. The lowest BCUT2D eigenvalue weighted by atomic mass is 10.1. The molecular weight excluding hydrogens is 316 g/mol. The van der Waals surface area contributed by atoms with Gasteiger partial charge in [0.05, 0.1) is 12.8 Å². The Kier molecular flexibility index (Phi) is 6.17. The summed E-state index contributed by atoms with van der Waals surface area (Å²) in [4.78, 5) is 24.5. The van der Waals surface area contributed by atoms with Crippen molar-refractivity contribution in [2.75, 3.05) is 12.4 Å². The third kappa shape index (κ3) is 4.83. The molecule has 0 aliphatic carbocycles. The van der Waals surface area contributed by atoms with E-state index in [1.807, 2.05) is 39.0 Å². The van der Waals surface area contributed by atoms with E-state index in [4.69, 9.17) is 4.74 Å². The second-order valence-electron chi connectivity index (χ2n) is 6.02. The number of aryl methyl sites for hydroxylation is 1. The van der Waals surface area contributed by atoms with Crippen molar-refractivity contribution in [3.63, 3.8) is 0 Å². The molecule has 0 aliphatic rings. The predicted molar refractivity (Wildman–Crippen MR) is 99.3 cm³/mol. The second-order valence-corrected chi connectivity index (χ2v) is 6.02. The lowest BCUT2D eigenvalue weighted by molar-refractivity contribution is 0.0937. The molecule has 5 nitrogen and oxygen atoms in total. The fourth-order valence-electron chi connectivity index (χ4n) is 2.30. The van der Waals surface area contributed by atoms with E-state index in [2.05, 4.69) is 10.6 Å². The molecule has 0 saturated carbocycles. The van der Waals surface area contributed by atoms with Gasteiger partial charge in [-0.25, -0.2) is 0 Å². The van der Waals surface area contributed by atoms with Crippen molar-refractivity contribution in [3.8, 4) is 5.75 Å². The lowest BCUT2D eigenvalue weighted by Gasteiger charge is -2.12. The van der Waals surface area contributed by atoms with Crippen molar-refractivity contribution in [1.29, 1.82) is 0 Å². The highest BCUT2D eigenvalue weighted by molar-refractivity contribution is 6.05. The van der Waals surface area contributed by atoms with Crippen molar-refractivity contribution in [2.24, 2.45) is 0 Å². The van der Waals surface area contributed by atoms with Gasteiger partial charge in [-0.05, 0) is 62.2 Å². The number of methoxy groups -OCH3 is 1. The number of anilines is 1. The van der Waals surface area contributed by atoms with Crippen LogP contribution in [0.3, 0.4) is 0 Å². The molecule has 0 heterocycles. The summed E-state index contributed by atoms with van der Waals surface area (Å²) in [6.45, 7) is 5.91. The Balaban J connectivity index is 2.11. The Morgan fingerprint density at radius 2 is 1.64 bits per heavy atom. The summed E-state index contributed by atoms with van der Waals surface area (Å²) < 4.78 is 5.27. The molecule has 2 rings (SSSR count). The van der Waals surface area contributed by atoms with Crippen LogP contribution in [0.2, 0.25) is 0 Å². The Morgan fingerprint density at radius 3 is 2.20 bits per heavy atom. The monoisotopic (exact) mass is 340 g/mol. The Hall–Kier alpha value is -2.82. The number of hydrogen-bond acceptors (Lipinski definition) is 3. The molecule has 0 bridgehead atoms. The number of rotatable bonds is 6. The summed E-state index contributed by atoms with van der Waals surface area (Å²) in [6, 6.07) is 12.3. The first-order valence-corrected chi connectivity index (χ1v) is 8.31. The lowest BCUT2D eigenvalue weighted by Crippen LogP contribution is -2.31. The number of hydrogen-bond donors (Lipinski definition) is 2. The number of ether oxygens (including phenoxy) is 1. The van der Waals surface area contributed by atoms with Crippen molar-refractivity contribution in [3.05, 3.63) is 59.2 Å². The van der Waals surface area contributed by atoms with Crippen LogP contribution in [0.5, 0.6) is 5.75 Å². The van der Waals surface area contributed by atoms with Gasteiger partial charge in [-0.2, -0.15) is 0 Å². The van der Waals surface area contributed by atoms with Crippen LogP contribution in [0.15, 0.2) is 42.5 Å².